The van der Waals surface area contributed by atoms with Crippen LogP contribution in [0.3, 0.4) is 0 Å². The van der Waals surface area contributed by atoms with Crippen molar-refractivity contribution < 1.29 is 8.97 Å². The summed E-state index contributed by atoms with van der Waals surface area (Å²) >= 11 is 0. The van der Waals surface area contributed by atoms with Gasteiger partial charge in [0.25, 0.3) is 0 Å². The molecule has 3 nitrogen and oxygen atoms in total. The summed E-state index contributed by atoms with van der Waals surface area (Å²) in [5.74, 6) is 2.69. The molecule has 0 aliphatic heterocycles. The molecule has 0 spiro atoms. The van der Waals surface area contributed by atoms with Crippen LogP contribution in [-0.2, 0) is 0 Å². The van der Waals surface area contributed by atoms with Gasteiger partial charge in [-0.3, -0.25) is 0 Å². The van der Waals surface area contributed by atoms with Gasteiger partial charge in [-0.25, -0.2) is 8.97 Å². The number of aliphatic imine (C=N–C) groups is 1. The van der Waals surface area contributed by atoms with E-state index in [1.807, 2.05) is 0 Å². The number of quaternary nitrogens is 2. The normalized spacial score (nSPS) is 14.9. The monoisotopic (exact) mass is 383 g/mol. The van der Waals surface area contributed by atoms with Gasteiger partial charge in [0.05, 0.1) is 43.3 Å². The second-order valence-electron chi connectivity index (χ2n) is 10.9. The third-order valence-electron chi connectivity index (χ3n) is 6.05. The highest BCUT2D eigenvalue weighted by atomic mass is 15.6. The lowest BCUT2D eigenvalue weighted by Crippen LogP contribution is -2.77. The van der Waals surface area contributed by atoms with Crippen LogP contribution in [0.25, 0.3) is 0 Å². The molecule has 0 aromatic rings. The van der Waals surface area contributed by atoms with Crippen molar-refractivity contribution in [3.63, 3.8) is 0 Å². The molecule has 27 heavy (non-hydrogen) atoms. The maximum Gasteiger partial charge on any atom is 0.396 e. The molecule has 0 saturated heterocycles. The molecule has 3 heteroatoms. The minimum Gasteiger partial charge on any atom is -0.224 e. The zero-order chi connectivity index (χ0) is 21.7. The van der Waals surface area contributed by atoms with E-state index in [2.05, 4.69) is 96.9 Å². The number of rotatable bonds is 9. The SMILES string of the molecule is CC(C)C[N+](CC(C)C)(C(=NC(C)C)[N+](C(C)C)(C(C)C)C(C)C)C(C)C. The van der Waals surface area contributed by atoms with Crippen LogP contribution in [0, 0.1) is 11.8 Å². The van der Waals surface area contributed by atoms with Gasteiger partial charge < -0.3 is 0 Å². The lowest BCUT2D eigenvalue weighted by molar-refractivity contribution is -1.01. The summed E-state index contributed by atoms with van der Waals surface area (Å²) in [4.78, 5) is 5.47. The molecule has 0 heterocycles. The Morgan fingerprint density at radius 1 is 0.556 bits per heavy atom. The lowest BCUT2D eigenvalue weighted by atomic mass is 10.00. The summed E-state index contributed by atoms with van der Waals surface area (Å²) in [6.07, 6.45) is 0. The Balaban J connectivity index is 7.15. The highest BCUT2D eigenvalue weighted by Crippen LogP contribution is 2.34. The van der Waals surface area contributed by atoms with E-state index in [4.69, 9.17) is 4.99 Å². The lowest BCUT2D eigenvalue weighted by Gasteiger charge is -2.54. The van der Waals surface area contributed by atoms with Crippen molar-refractivity contribution in [3.8, 4) is 0 Å². The Kier molecular flexibility index (Phi) is 10.2. The van der Waals surface area contributed by atoms with Gasteiger partial charge in [0, 0.05) is 11.8 Å². The van der Waals surface area contributed by atoms with Gasteiger partial charge in [-0.1, -0.05) is 27.7 Å². The van der Waals surface area contributed by atoms with E-state index >= 15 is 0 Å². The topological polar surface area (TPSA) is 12.4 Å². The zero-order valence-electron chi connectivity index (χ0n) is 21.3. The Morgan fingerprint density at radius 3 is 1.07 bits per heavy atom. The summed E-state index contributed by atoms with van der Waals surface area (Å²) in [5.41, 5.74) is 0. The molecule has 0 bridgehead atoms. The Morgan fingerprint density at radius 2 is 0.889 bits per heavy atom. The van der Waals surface area contributed by atoms with E-state index in [1.54, 1.807) is 0 Å². The number of nitrogens with zero attached hydrogens (tertiary/aromatic N) is 3. The highest BCUT2D eigenvalue weighted by molar-refractivity contribution is 5.67. The second kappa shape index (κ2) is 10.4. The molecule has 0 N–H and O–H groups in total. The molecule has 0 aliphatic rings. The minimum atomic E-state index is 0.310. The first-order valence-corrected chi connectivity index (χ1v) is 11.5. The zero-order valence-corrected chi connectivity index (χ0v) is 21.3. The second-order valence-corrected chi connectivity index (χ2v) is 10.9. The largest absolute Gasteiger partial charge is 0.396 e. The van der Waals surface area contributed by atoms with Crippen molar-refractivity contribution in [2.24, 2.45) is 16.8 Å². The van der Waals surface area contributed by atoms with E-state index in [0.29, 0.717) is 42.0 Å². The fourth-order valence-corrected chi connectivity index (χ4v) is 5.47. The van der Waals surface area contributed by atoms with Crippen molar-refractivity contribution >= 4 is 5.96 Å². The van der Waals surface area contributed by atoms with E-state index < -0.39 is 0 Å². The van der Waals surface area contributed by atoms with Crippen LogP contribution in [0.1, 0.15) is 96.9 Å². The summed E-state index contributed by atoms with van der Waals surface area (Å²) in [6.45, 7) is 35.5. The molecular formula is C24H53N3+2. The Labute approximate surface area is 172 Å². The molecule has 0 fully saturated rings. The Bertz CT molecular complexity index is 424. The predicted molar refractivity (Wildman–Crippen MR) is 123 cm³/mol. The van der Waals surface area contributed by atoms with Crippen molar-refractivity contribution in [3.05, 3.63) is 0 Å². The van der Waals surface area contributed by atoms with Gasteiger partial charge in [-0.15, -0.1) is 0 Å². The first kappa shape index (κ1) is 26.6. The summed E-state index contributed by atoms with van der Waals surface area (Å²) < 4.78 is 2.00. The third kappa shape index (κ3) is 5.79. The van der Waals surface area contributed by atoms with Crippen LogP contribution in [-0.4, -0.2) is 58.2 Å². The van der Waals surface area contributed by atoms with Gasteiger partial charge in [0.15, 0.2) is 0 Å². The van der Waals surface area contributed by atoms with Crippen molar-refractivity contribution in [2.75, 3.05) is 13.1 Å². The molecule has 0 aliphatic carbocycles. The fourth-order valence-electron chi connectivity index (χ4n) is 5.47. The molecule has 162 valence electrons. The van der Waals surface area contributed by atoms with Gasteiger partial charge in [0.2, 0.25) is 0 Å². The predicted octanol–water partition coefficient (Wildman–Crippen LogP) is 6.33. The first-order valence-electron chi connectivity index (χ1n) is 11.5. The average molecular weight is 384 g/mol. The average Bonchev–Trinajstić information content (AvgIpc) is 2.42. The van der Waals surface area contributed by atoms with Gasteiger partial charge >= 0.3 is 5.96 Å². The minimum absolute atomic E-state index is 0.310. The molecule has 0 atom stereocenters. The smallest absolute Gasteiger partial charge is 0.224 e. The highest BCUT2D eigenvalue weighted by Gasteiger charge is 2.56. The van der Waals surface area contributed by atoms with Gasteiger partial charge in [0.1, 0.15) is 0 Å². The van der Waals surface area contributed by atoms with Crippen LogP contribution in [0.15, 0.2) is 4.99 Å². The maximum atomic E-state index is 5.47. The van der Waals surface area contributed by atoms with Gasteiger partial charge in [-0.2, -0.15) is 4.99 Å². The molecule has 0 radical (unpaired) electrons. The quantitative estimate of drug-likeness (QED) is 0.250. The van der Waals surface area contributed by atoms with Crippen LogP contribution >= 0.6 is 0 Å². The number of guanidine groups is 1. The van der Waals surface area contributed by atoms with Crippen molar-refractivity contribution in [2.45, 2.75) is 127 Å². The van der Waals surface area contributed by atoms with Crippen molar-refractivity contribution in [1.82, 2.24) is 0 Å². The third-order valence-corrected chi connectivity index (χ3v) is 6.05. The standard InChI is InChI=1S/C24H53N3/c1-17(2)15-26(20(7)8,16-18(3)4)24(25-19(5)6)27(21(9)10,22(11)12)23(13)14/h17-23H,15-16H2,1-14H3/q+2. The molecule has 0 unspecified atom stereocenters. The summed E-state index contributed by atoms with van der Waals surface area (Å²) in [5, 5.41) is 0. The van der Waals surface area contributed by atoms with E-state index in [0.717, 1.165) is 22.1 Å². The molecule has 0 amide bonds. The van der Waals surface area contributed by atoms with Crippen LogP contribution in [0.4, 0.5) is 0 Å². The maximum absolute atomic E-state index is 5.47. The van der Waals surface area contributed by atoms with E-state index in [9.17, 15) is 0 Å². The van der Waals surface area contributed by atoms with Crippen LogP contribution in [0.2, 0.25) is 0 Å². The van der Waals surface area contributed by atoms with E-state index in [1.165, 1.54) is 5.96 Å². The van der Waals surface area contributed by atoms with Crippen LogP contribution < -0.4 is 0 Å². The molecule has 0 rings (SSSR count). The van der Waals surface area contributed by atoms with Crippen LogP contribution in [0.5, 0.6) is 0 Å². The molecular weight excluding hydrogens is 330 g/mol. The van der Waals surface area contributed by atoms with E-state index in [-0.39, 0.29) is 0 Å². The molecule has 0 aromatic carbocycles. The fraction of sp³-hybridized carbons (Fsp3) is 0.958. The summed E-state index contributed by atoms with van der Waals surface area (Å²) in [7, 11) is 0. The summed E-state index contributed by atoms with van der Waals surface area (Å²) in [6, 6.07) is 2.32. The first-order chi connectivity index (χ1) is 12.2. The Hall–Kier alpha value is -0.410. The number of hydrogen-bond acceptors (Lipinski definition) is 1. The number of hydrogen-bond donors (Lipinski definition) is 0. The molecule has 0 aromatic heterocycles. The molecule has 0 saturated carbocycles. The van der Waals surface area contributed by atoms with Gasteiger partial charge in [-0.05, 0) is 69.2 Å². The van der Waals surface area contributed by atoms with Crippen molar-refractivity contribution in [1.29, 1.82) is 0 Å².